The molecule has 3 aliphatic rings. The average Bonchev–Trinajstić information content (AvgIpc) is 2.90. The highest BCUT2D eigenvalue weighted by Gasteiger charge is 2.63. The van der Waals surface area contributed by atoms with Gasteiger partial charge in [-0.25, -0.2) is 0 Å². The fourth-order valence-corrected chi connectivity index (χ4v) is 5.56. The molecule has 0 aromatic carbocycles. The van der Waals surface area contributed by atoms with E-state index in [1.165, 1.54) is 19.3 Å². The third-order valence-electron chi connectivity index (χ3n) is 6.50. The van der Waals surface area contributed by atoms with Crippen molar-refractivity contribution in [2.75, 3.05) is 0 Å². The zero-order valence-electron chi connectivity index (χ0n) is 13.9. The van der Waals surface area contributed by atoms with E-state index in [0.717, 1.165) is 5.92 Å². The van der Waals surface area contributed by atoms with Crippen LogP contribution in [0.1, 0.15) is 60.8 Å². The Morgan fingerprint density at radius 2 is 1.95 bits per heavy atom. The van der Waals surface area contributed by atoms with E-state index in [4.69, 9.17) is 0 Å². The molecule has 1 aliphatic heterocycles. The fraction of sp³-hybridized carbons (Fsp3) is 0.941. The Morgan fingerprint density at radius 1 is 1.30 bits per heavy atom. The summed E-state index contributed by atoms with van der Waals surface area (Å²) in [5.74, 6) is 1.49. The van der Waals surface area contributed by atoms with Crippen LogP contribution in [0.25, 0.3) is 0 Å². The first kappa shape index (κ1) is 14.4. The van der Waals surface area contributed by atoms with Crippen molar-refractivity contribution in [3.8, 4) is 0 Å². The Hall–Kier alpha value is -0.570. The average molecular weight is 278 g/mol. The first-order valence-electron chi connectivity index (χ1n) is 8.27. The van der Waals surface area contributed by atoms with Crippen LogP contribution < -0.4 is 5.32 Å². The van der Waals surface area contributed by atoms with Crippen molar-refractivity contribution < 1.29 is 4.79 Å². The number of nitrogens with zero attached hydrogens (tertiary/aromatic N) is 1. The maximum atomic E-state index is 12.9. The quantitative estimate of drug-likeness (QED) is 0.842. The molecular formula is C17H30N2O. The lowest BCUT2D eigenvalue weighted by Gasteiger charge is -2.48. The molecule has 0 aromatic heterocycles. The second kappa shape index (κ2) is 4.22. The molecule has 20 heavy (non-hydrogen) atoms. The molecule has 5 atom stereocenters. The molecule has 1 heterocycles. The molecule has 1 saturated heterocycles. The lowest BCUT2D eigenvalue weighted by atomic mass is 9.67. The SMILES string of the molecule is CC(C)C1NC(C)N(C2C3(C)CCC(C3)C2(C)C)C1=O. The summed E-state index contributed by atoms with van der Waals surface area (Å²) in [7, 11) is 0. The summed E-state index contributed by atoms with van der Waals surface area (Å²) in [6.07, 6.45) is 4.11. The molecule has 3 heteroatoms. The predicted octanol–water partition coefficient (Wildman–Crippen LogP) is 3.00. The first-order chi connectivity index (χ1) is 9.18. The maximum Gasteiger partial charge on any atom is 0.241 e. The summed E-state index contributed by atoms with van der Waals surface area (Å²) in [4.78, 5) is 15.1. The number of amides is 1. The standard InChI is InChI=1S/C17H30N2O/c1-10(2)13-14(20)19(11(3)18-13)15-16(4,5)12-7-8-17(15,6)9-12/h10-13,15,18H,7-9H2,1-6H3. The summed E-state index contributed by atoms with van der Waals surface area (Å²) in [6, 6.07) is 0.399. The number of carbonyl (C=O) groups excluding carboxylic acids is 1. The Balaban J connectivity index is 1.95. The lowest BCUT2D eigenvalue weighted by Crippen LogP contribution is -2.56. The molecule has 2 aliphatic carbocycles. The van der Waals surface area contributed by atoms with E-state index in [-0.39, 0.29) is 17.6 Å². The van der Waals surface area contributed by atoms with Crippen molar-refractivity contribution >= 4 is 5.91 Å². The molecule has 114 valence electrons. The van der Waals surface area contributed by atoms with Crippen LogP contribution in [0.15, 0.2) is 0 Å². The van der Waals surface area contributed by atoms with Crippen molar-refractivity contribution in [3.05, 3.63) is 0 Å². The second-order valence-corrected chi connectivity index (χ2v) is 8.63. The van der Waals surface area contributed by atoms with Crippen molar-refractivity contribution in [1.82, 2.24) is 10.2 Å². The van der Waals surface area contributed by atoms with Gasteiger partial charge in [-0.2, -0.15) is 0 Å². The normalized spacial score (nSPS) is 46.8. The van der Waals surface area contributed by atoms with Crippen LogP contribution >= 0.6 is 0 Å². The number of fused-ring (bicyclic) bond motifs is 2. The van der Waals surface area contributed by atoms with Crippen molar-refractivity contribution in [1.29, 1.82) is 0 Å². The largest absolute Gasteiger partial charge is 0.322 e. The van der Waals surface area contributed by atoms with E-state index >= 15 is 0 Å². The molecule has 3 nitrogen and oxygen atoms in total. The number of nitrogens with one attached hydrogen (secondary N) is 1. The predicted molar refractivity (Wildman–Crippen MR) is 81.1 cm³/mol. The highest BCUT2D eigenvalue weighted by Crippen LogP contribution is 2.64. The van der Waals surface area contributed by atoms with Gasteiger partial charge in [-0.15, -0.1) is 0 Å². The van der Waals surface area contributed by atoms with Gasteiger partial charge in [0.1, 0.15) is 0 Å². The molecule has 0 spiro atoms. The number of hydrogen-bond donors (Lipinski definition) is 1. The number of hydrogen-bond acceptors (Lipinski definition) is 2. The molecule has 0 aromatic rings. The zero-order chi connectivity index (χ0) is 14.9. The van der Waals surface area contributed by atoms with Crippen LogP contribution in [0.5, 0.6) is 0 Å². The van der Waals surface area contributed by atoms with Gasteiger partial charge in [0.2, 0.25) is 5.91 Å². The van der Waals surface area contributed by atoms with Gasteiger partial charge in [-0.1, -0.05) is 34.6 Å². The van der Waals surface area contributed by atoms with E-state index in [9.17, 15) is 4.79 Å². The van der Waals surface area contributed by atoms with Gasteiger partial charge in [-0.05, 0) is 48.9 Å². The van der Waals surface area contributed by atoms with Gasteiger partial charge in [0, 0.05) is 6.04 Å². The minimum atomic E-state index is 0.00327. The van der Waals surface area contributed by atoms with E-state index in [1.807, 2.05) is 0 Å². The first-order valence-corrected chi connectivity index (χ1v) is 8.27. The van der Waals surface area contributed by atoms with Gasteiger partial charge in [-0.3, -0.25) is 10.1 Å². The smallest absolute Gasteiger partial charge is 0.241 e. The third-order valence-corrected chi connectivity index (χ3v) is 6.50. The minimum absolute atomic E-state index is 0.00327. The van der Waals surface area contributed by atoms with E-state index in [0.29, 0.717) is 23.3 Å². The molecular weight excluding hydrogens is 248 g/mol. The van der Waals surface area contributed by atoms with Crippen LogP contribution in [0.3, 0.4) is 0 Å². The van der Waals surface area contributed by atoms with Crippen LogP contribution in [-0.2, 0) is 4.79 Å². The van der Waals surface area contributed by atoms with Crippen molar-refractivity contribution in [3.63, 3.8) is 0 Å². The molecule has 3 fully saturated rings. The summed E-state index contributed by atoms with van der Waals surface area (Å²) >= 11 is 0. The molecule has 5 unspecified atom stereocenters. The molecule has 3 rings (SSSR count). The third kappa shape index (κ3) is 1.71. The van der Waals surface area contributed by atoms with Gasteiger partial charge < -0.3 is 4.90 Å². The second-order valence-electron chi connectivity index (χ2n) is 8.63. The Morgan fingerprint density at radius 3 is 2.40 bits per heavy atom. The maximum absolute atomic E-state index is 12.9. The highest BCUT2D eigenvalue weighted by molar-refractivity contribution is 5.85. The fourth-order valence-electron chi connectivity index (χ4n) is 5.56. The van der Waals surface area contributed by atoms with Gasteiger partial charge in [0.05, 0.1) is 12.2 Å². The van der Waals surface area contributed by atoms with Crippen LogP contribution in [0.2, 0.25) is 0 Å². The molecule has 1 N–H and O–H groups in total. The van der Waals surface area contributed by atoms with E-state index in [1.54, 1.807) is 0 Å². The summed E-state index contributed by atoms with van der Waals surface area (Å²) in [5, 5.41) is 3.52. The number of carbonyl (C=O) groups is 1. The Bertz CT molecular complexity index is 426. The zero-order valence-corrected chi connectivity index (χ0v) is 13.9. The van der Waals surface area contributed by atoms with Gasteiger partial charge in [0.15, 0.2) is 0 Å². The summed E-state index contributed by atoms with van der Waals surface area (Å²) in [5.41, 5.74) is 0.579. The van der Waals surface area contributed by atoms with Crippen molar-refractivity contribution in [2.24, 2.45) is 22.7 Å². The Labute approximate surface area is 123 Å². The van der Waals surface area contributed by atoms with Crippen molar-refractivity contribution in [2.45, 2.75) is 79.1 Å². The molecule has 2 saturated carbocycles. The summed E-state index contributed by atoms with van der Waals surface area (Å²) < 4.78 is 0. The molecule has 0 radical (unpaired) electrons. The van der Waals surface area contributed by atoms with E-state index in [2.05, 4.69) is 51.8 Å². The number of rotatable bonds is 2. The van der Waals surface area contributed by atoms with E-state index < -0.39 is 0 Å². The van der Waals surface area contributed by atoms with Gasteiger partial charge >= 0.3 is 0 Å². The molecule has 1 amide bonds. The Kier molecular flexibility index (Phi) is 3.03. The minimum Gasteiger partial charge on any atom is -0.322 e. The highest BCUT2D eigenvalue weighted by atomic mass is 16.2. The van der Waals surface area contributed by atoms with Crippen LogP contribution in [0, 0.1) is 22.7 Å². The lowest BCUT2D eigenvalue weighted by molar-refractivity contribution is -0.139. The monoisotopic (exact) mass is 278 g/mol. The van der Waals surface area contributed by atoms with Crippen LogP contribution in [-0.4, -0.2) is 29.1 Å². The van der Waals surface area contributed by atoms with Crippen LogP contribution in [0.4, 0.5) is 0 Å². The topological polar surface area (TPSA) is 32.3 Å². The van der Waals surface area contributed by atoms with Gasteiger partial charge in [0.25, 0.3) is 0 Å². The summed E-state index contributed by atoms with van der Waals surface area (Å²) in [6.45, 7) is 13.6. The molecule has 2 bridgehead atoms.